The summed E-state index contributed by atoms with van der Waals surface area (Å²) in [7, 11) is 0. The Bertz CT molecular complexity index is 888. The van der Waals surface area contributed by atoms with Crippen molar-refractivity contribution < 1.29 is 29.2 Å². The number of carbonyl (C=O) groups is 1. The van der Waals surface area contributed by atoms with Crippen LogP contribution in [0.4, 0.5) is 0 Å². The third-order valence-electron chi connectivity index (χ3n) is 7.79. The number of epoxide rings is 1. The van der Waals surface area contributed by atoms with Crippen LogP contribution in [0.15, 0.2) is 60.8 Å². The van der Waals surface area contributed by atoms with Crippen molar-refractivity contribution in [3.63, 3.8) is 0 Å². The lowest BCUT2D eigenvalue weighted by Gasteiger charge is -2.28. The number of allylic oxidation sites excluding steroid dienone is 3. The first kappa shape index (κ1) is 28.0. The maximum Gasteiger partial charge on any atom is 0.330 e. The Hall–Kier alpha value is -1.99. The first-order valence-corrected chi connectivity index (χ1v) is 14.1. The van der Waals surface area contributed by atoms with Gasteiger partial charge in [0.2, 0.25) is 0 Å². The molecule has 9 atom stereocenters. The molecule has 0 aromatic rings. The molecule has 1 fully saturated rings. The van der Waals surface area contributed by atoms with Crippen LogP contribution in [0.1, 0.15) is 71.1 Å². The second kappa shape index (κ2) is 13.7. The molecule has 204 valence electrons. The number of cyclic esters (lactones) is 1. The number of ether oxygens (including phenoxy) is 3. The number of hydrogen-bond acceptors (Lipinski definition) is 6. The minimum Gasteiger partial charge on any atom is -0.456 e. The largest absolute Gasteiger partial charge is 0.456 e. The molecule has 6 heteroatoms. The van der Waals surface area contributed by atoms with Gasteiger partial charge >= 0.3 is 5.97 Å². The maximum absolute atomic E-state index is 12.7. The molecule has 1 saturated heterocycles. The fourth-order valence-electron chi connectivity index (χ4n) is 5.77. The van der Waals surface area contributed by atoms with Crippen LogP contribution >= 0.6 is 0 Å². The van der Waals surface area contributed by atoms with E-state index in [-0.39, 0.29) is 24.4 Å². The highest BCUT2D eigenvalue weighted by molar-refractivity contribution is 5.82. The van der Waals surface area contributed by atoms with Crippen molar-refractivity contribution in [3.05, 3.63) is 60.8 Å². The van der Waals surface area contributed by atoms with Crippen LogP contribution in [0.3, 0.4) is 0 Å². The maximum atomic E-state index is 12.7. The van der Waals surface area contributed by atoms with Gasteiger partial charge in [-0.25, -0.2) is 4.79 Å². The zero-order chi connectivity index (χ0) is 26.2. The zero-order valence-electron chi connectivity index (χ0n) is 22.1. The van der Waals surface area contributed by atoms with Gasteiger partial charge in [0.1, 0.15) is 18.3 Å². The van der Waals surface area contributed by atoms with Crippen LogP contribution in [-0.2, 0) is 19.0 Å². The quantitative estimate of drug-likeness (QED) is 0.310. The summed E-state index contributed by atoms with van der Waals surface area (Å²) in [4.78, 5) is 12.7. The molecule has 2 unspecified atom stereocenters. The van der Waals surface area contributed by atoms with Crippen molar-refractivity contribution in [2.24, 2.45) is 11.8 Å². The number of rotatable bonds is 3. The Labute approximate surface area is 221 Å². The van der Waals surface area contributed by atoms with Crippen LogP contribution in [0.2, 0.25) is 0 Å². The highest BCUT2D eigenvalue weighted by Gasteiger charge is 2.46. The van der Waals surface area contributed by atoms with Crippen molar-refractivity contribution in [3.8, 4) is 0 Å². The van der Waals surface area contributed by atoms with Crippen molar-refractivity contribution in [2.75, 3.05) is 0 Å². The molecule has 0 amide bonds. The van der Waals surface area contributed by atoms with Crippen molar-refractivity contribution in [1.82, 2.24) is 0 Å². The van der Waals surface area contributed by atoms with E-state index in [1.165, 1.54) is 6.08 Å². The number of esters is 1. The molecule has 4 rings (SSSR count). The van der Waals surface area contributed by atoms with E-state index in [2.05, 4.69) is 37.8 Å². The SMILES string of the molecule is C=C1C[C@H](C)C[C@@H]2CC=C[C@@H](C/C=C\C(=O)OC([C@@H](O)/C=C/C3CC=CCCC3)C[C@@H]3O[C@H]3[C@@H](O)C1)O2. The summed E-state index contributed by atoms with van der Waals surface area (Å²) in [6.07, 6.45) is 21.0. The summed E-state index contributed by atoms with van der Waals surface area (Å²) >= 11 is 0. The Morgan fingerprint density at radius 2 is 1.95 bits per heavy atom. The summed E-state index contributed by atoms with van der Waals surface area (Å²) < 4.78 is 17.7. The van der Waals surface area contributed by atoms with Gasteiger partial charge in [-0.1, -0.05) is 61.6 Å². The van der Waals surface area contributed by atoms with E-state index in [0.29, 0.717) is 31.1 Å². The number of aliphatic hydroxyl groups excluding tert-OH is 2. The smallest absolute Gasteiger partial charge is 0.330 e. The van der Waals surface area contributed by atoms with Crippen molar-refractivity contribution in [2.45, 2.75) is 114 Å². The summed E-state index contributed by atoms with van der Waals surface area (Å²) in [5, 5.41) is 21.7. The Morgan fingerprint density at radius 1 is 1.08 bits per heavy atom. The average molecular weight is 513 g/mol. The fraction of sp³-hybridized carbons (Fsp3) is 0.645. The van der Waals surface area contributed by atoms with Crippen LogP contribution in [0, 0.1) is 11.8 Å². The number of carbonyl (C=O) groups excluding carboxylic acids is 1. The highest BCUT2D eigenvalue weighted by atomic mass is 16.6. The molecule has 3 aliphatic heterocycles. The molecule has 37 heavy (non-hydrogen) atoms. The fourth-order valence-corrected chi connectivity index (χ4v) is 5.77. The Balaban J connectivity index is 1.44. The molecule has 4 aliphatic rings. The highest BCUT2D eigenvalue weighted by Crippen LogP contribution is 2.35. The second-order valence-corrected chi connectivity index (χ2v) is 11.3. The topological polar surface area (TPSA) is 88.5 Å². The Kier molecular flexibility index (Phi) is 10.4. The first-order chi connectivity index (χ1) is 17.9. The molecular formula is C31H44O6. The van der Waals surface area contributed by atoms with Crippen molar-refractivity contribution >= 4 is 5.97 Å². The third kappa shape index (κ3) is 9.06. The van der Waals surface area contributed by atoms with Gasteiger partial charge in [-0.15, -0.1) is 0 Å². The van der Waals surface area contributed by atoms with Crippen LogP contribution in [0.5, 0.6) is 0 Å². The summed E-state index contributed by atoms with van der Waals surface area (Å²) in [6, 6.07) is 0. The van der Waals surface area contributed by atoms with Gasteiger partial charge < -0.3 is 24.4 Å². The van der Waals surface area contributed by atoms with E-state index in [0.717, 1.165) is 50.5 Å². The minimum atomic E-state index is -0.946. The van der Waals surface area contributed by atoms with Crippen LogP contribution < -0.4 is 0 Å². The molecule has 0 radical (unpaired) electrons. The van der Waals surface area contributed by atoms with Gasteiger partial charge in [0.15, 0.2) is 0 Å². The normalized spacial score (nSPS) is 39.6. The molecule has 3 heterocycles. The lowest BCUT2D eigenvalue weighted by Crippen LogP contribution is -2.32. The lowest BCUT2D eigenvalue weighted by molar-refractivity contribution is -0.148. The monoisotopic (exact) mass is 512 g/mol. The summed E-state index contributed by atoms with van der Waals surface area (Å²) in [6.45, 7) is 6.40. The van der Waals surface area contributed by atoms with Gasteiger partial charge in [-0.3, -0.25) is 0 Å². The summed E-state index contributed by atoms with van der Waals surface area (Å²) in [5.74, 6) is 0.273. The van der Waals surface area contributed by atoms with E-state index in [1.54, 1.807) is 12.2 Å². The molecule has 6 nitrogen and oxygen atoms in total. The molecule has 2 bridgehead atoms. The van der Waals surface area contributed by atoms with E-state index in [9.17, 15) is 15.0 Å². The number of fused-ring (bicyclic) bond motifs is 3. The third-order valence-corrected chi connectivity index (χ3v) is 7.79. The average Bonchev–Trinajstić information content (AvgIpc) is 3.65. The predicted octanol–water partition coefficient (Wildman–Crippen LogP) is 5.12. The number of hydrogen-bond donors (Lipinski definition) is 2. The van der Waals surface area contributed by atoms with Gasteiger partial charge in [-0.2, -0.15) is 0 Å². The van der Waals surface area contributed by atoms with E-state index < -0.39 is 24.3 Å². The van der Waals surface area contributed by atoms with Gasteiger partial charge in [0.25, 0.3) is 0 Å². The standard InChI is InChI=1S/C31H44O6/c1-21-17-22(2)19-27(33)31-29(37-31)20-28(26(32)16-15-23-9-5-3-4-6-10-23)36-30(34)14-8-12-24-11-7-13-25(18-21)35-24/h3,5,7-8,11,14-16,21,23-29,31-33H,2,4,6,9-10,12-13,17-20H2,1H3/b14-8-,16-15+/t21-,23?,24-,25-,26-,27-,28?,29-,31-/m0/s1. The van der Waals surface area contributed by atoms with E-state index >= 15 is 0 Å². The van der Waals surface area contributed by atoms with E-state index in [4.69, 9.17) is 14.2 Å². The Morgan fingerprint density at radius 3 is 2.81 bits per heavy atom. The molecule has 0 aromatic carbocycles. The van der Waals surface area contributed by atoms with Gasteiger partial charge in [0.05, 0.1) is 24.4 Å². The predicted molar refractivity (Wildman–Crippen MR) is 144 cm³/mol. The molecule has 0 spiro atoms. The molecule has 0 aromatic heterocycles. The first-order valence-electron chi connectivity index (χ1n) is 14.1. The van der Waals surface area contributed by atoms with Gasteiger partial charge in [0, 0.05) is 12.5 Å². The van der Waals surface area contributed by atoms with Crippen LogP contribution in [-0.4, -0.2) is 58.9 Å². The van der Waals surface area contributed by atoms with Gasteiger partial charge in [-0.05, 0) is 69.6 Å². The second-order valence-electron chi connectivity index (χ2n) is 11.3. The number of aliphatic hydroxyl groups is 2. The van der Waals surface area contributed by atoms with Crippen molar-refractivity contribution in [1.29, 1.82) is 0 Å². The molecule has 2 N–H and O–H groups in total. The minimum absolute atomic E-state index is 0.0718. The summed E-state index contributed by atoms with van der Waals surface area (Å²) in [5.41, 5.74) is 1.00. The molecule has 0 saturated carbocycles. The van der Waals surface area contributed by atoms with Crippen LogP contribution in [0.25, 0.3) is 0 Å². The molecular weight excluding hydrogens is 468 g/mol. The van der Waals surface area contributed by atoms with E-state index in [1.807, 2.05) is 6.08 Å². The zero-order valence-corrected chi connectivity index (χ0v) is 22.1. The lowest BCUT2D eigenvalue weighted by atomic mass is 9.91. The molecule has 1 aliphatic carbocycles.